The summed E-state index contributed by atoms with van der Waals surface area (Å²) in [5.74, 6) is -0.196. The molecule has 4 nitrogen and oxygen atoms in total. The number of nitrogens with zero attached hydrogens (tertiary/aromatic N) is 1. The smallest absolute Gasteiger partial charge is 0.325 e. The van der Waals surface area contributed by atoms with E-state index in [4.69, 9.17) is 0 Å². The number of hydrogen-bond donors (Lipinski definition) is 0. The third kappa shape index (κ3) is 2.70. The zero-order valence-corrected chi connectivity index (χ0v) is 9.87. The van der Waals surface area contributed by atoms with Crippen molar-refractivity contribution in [3.63, 3.8) is 0 Å². The number of methoxy groups -OCH3 is 1. The topological polar surface area (TPSA) is 46.6 Å². The highest BCUT2D eigenvalue weighted by Crippen LogP contribution is 2.52. The molecule has 1 atom stereocenters. The predicted molar refractivity (Wildman–Crippen MR) is 56.2 cm³/mol. The van der Waals surface area contributed by atoms with E-state index in [1.54, 1.807) is 4.90 Å². The fraction of sp³-hybridized carbons (Fsp3) is 0.818. The van der Waals surface area contributed by atoms with Crippen molar-refractivity contribution in [1.29, 1.82) is 0 Å². The molecule has 1 amide bonds. The Labute approximate surface area is 90.6 Å². The van der Waals surface area contributed by atoms with Crippen LogP contribution in [0.1, 0.15) is 27.2 Å². The van der Waals surface area contributed by atoms with Gasteiger partial charge in [0.15, 0.2) is 0 Å². The molecule has 0 aromatic heterocycles. The Morgan fingerprint density at radius 3 is 2.33 bits per heavy atom. The fourth-order valence-electron chi connectivity index (χ4n) is 1.68. The summed E-state index contributed by atoms with van der Waals surface area (Å²) in [5.41, 5.74) is 0.112. The lowest BCUT2D eigenvalue weighted by molar-refractivity contribution is -0.147. The molecular weight excluding hydrogens is 194 g/mol. The number of carbonyl (C=O) groups is 2. The van der Waals surface area contributed by atoms with Gasteiger partial charge in [-0.2, -0.15) is 0 Å². The van der Waals surface area contributed by atoms with Gasteiger partial charge in [-0.3, -0.25) is 9.59 Å². The number of amides is 1. The van der Waals surface area contributed by atoms with Crippen molar-refractivity contribution in [1.82, 2.24) is 4.90 Å². The molecule has 0 bridgehead atoms. The number of likely N-dealkylation sites (N-methyl/N-ethyl adjacent to an activating group) is 1. The number of esters is 1. The molecule has 1 fully saturated rings. The second kappa shape index (κ2) is 4.21. The maximum atomic E-state index is 11.9. The van der Waals surface area contributed by atoms with Crippen LogP contribution in [0.3, 0.4) is 0 Å². The van der Waals surface area contributed by atoms with Crippen molar-refractivity contribution in [2.75, 3.05) is 20.2 Å². The molecule has 1 aliphatic carbocycles. The van der Waals surface area contributed by atoms with Crippen molar-refractivity contribution in [3.05, 3.63) is 0 Å². The van der Waals surface area contributed by atoms with Gasteiger partial charge in [0.05, 0.1) is 7.11 Å². The Kier molecular flexibility index (Phi) is 3.37. The van der Waals surface area contributed by atoms with Gasteiger partial charge in [-0.25, -0.2) is 0 Å². The average molecular weight is 213 g/mol. The van der Waals surface area contributed by atoms with Crippen molar-refractivity contribution in [2.45, 2.75) is 27.2 Å². The summed E-state index contributed by atoms with van der Waals surface area (Å²) in [5, 5.41) is 0. The SMILES string of the molecule is CCN(CC(=O)OC)C(=O)C1CC1(C)C. The molecule has 1 aliphatic rings. The number of ether oxygens (including phenoxy) is 1. The normalized spacial score (nSPS) is 22.0. The van der Waals surface area contributed by atoms with Crippen molar-refractivity contribution in [2.24, 2.45) is 11.3 Å². The third-order valence-corrected chi connectivity index (χ3v) is 3.05. The first kappa shape index (κ1) is 12.0. The molecule has 1 rings (SSSR count). The van der Waals surface area contributed by atoms with Crippen molar-refractivity contribution in [3.8, 4) is 0 Å². The lowest BCUT2D eigenvalue weighted by Crippen LogP contribution is -2.37. The van der Waals surface area contributed by atoms with E-state index in [1.165, 1.54) is 7.11 Å². The Hall–Kier alpha value is -1.06. The summed E-state index contributed by atoms with van der Waals surface area (Å²) in [6, 6.07) is 0. The minimum atomic E-state index is -0.358. The van der Waals surface area contributed by atoms with E-state index in [0.29, 0.717) is 6.54 Å². The molecule has 1 unspecified atom stereocenters. The highest BCUT2D eigenvalue weighted by molar-refractivity contribution is 5.86. The summed E-state index contributed by atoms with van der Waals surface area (Å²) in [4.78, 5) is 24.6. The number of hydrogen-bond acceptors (Lipinski definition) is 3. The van der Waals surface area contributed by atoms with Gasteiger partial charge >= 0.3 is 5.97 Å². The molecule has 1 saturated carbocycles. The molecule has 0 aromatic carbocycles. The largest absolute Gasteiger partial charge is 0.468 e. The van der Waals surface area contributed by atoms with Crippen molar-refractivity contribution < 1.29 is 14.3 Å². The average Bonchev–Trinajstić information content (AvgIpc) is 2.82. The van der Waals surface area contributed by atoms with Crippen LogP contribution in [0.25, 0.3) is 0 Å². The number of rotatable bonds is 4. The van der Waals surface area contributed by atoms with Gasteiger partial charge in [0.1, 0.15) is 6.54 Å². The lowest BCUT2D eigenvalue weighted by atomic mass is 10.1. The van der Waals surface area contributed by atoms with Gasteiger partial charge < -0.3 is 9.64 Å². The van der Waals surface area contributed by atoms with Crippen LogP contribution in [0, 0.1) is 11.3 Å². The minimum Gasteiger partial charge on any atom is -0.468 e. The zero-order chi connectivity index (χ0) is 11.6. The molecule has 0 heterocycles. The summed E-state index contributed by atoms with van der Waals surface area (Å²) in [6.45, 7) is 6.64. The molecule has 0 aromatic rings. The van der Waals surface area contributed by atoms with E-state index >= 15 is 0 Å². The highest BCUT2D eigenvalue weighted by Gasteiger charge is 2.51. The number of carbonyl (C=O) groups excluding carboxylic acids is 2. The van der Waals surface area contributed by atoms with Gasteiger partial charge in [-0.05, 0) is 18.8 Å². The zero-order valence-electron chi connectivity index (χ0n) is 9.87. The third-order valence-electron chi connectivity index (χ3n) is 3.05. The molecule has 0 saturated heterocycles. The van der Waals surface area contributed by atoms with E-state index < -0.39 is 0 Å². The second-order valence-electron chi connectivity index (χ2n) is 4.67. The summed E-state index contributed by atoms with van der Waals surface area (Å²) >= 11 is 0. The molecule has 0 aliphatic heterocycles. The van der Waals surface area contributed by atoms with E-state index in [9.17, 15) is 9.59 Å². The Morgan fingerprint density at radius 1 is 1.47 bits per heavy atom. The Bertz CT molecular complexity index is 273. The van der Waals surface area contributed by atoms with Crippen LogP contribution in [0.5, 0.6) is 0 Å². The predicted octanol–water partition coefficient (Wildman–Crippen LogP) is 1.05. The minimum absolute atomic E-state index is 0.0679. The van der Waals surface area contributed by atoms with Gasteiger partial charge in [0.25, 0.3) is 0 Å². The summed E-state index contributed by atoms with van der Waals surface area (Å²) in [7, 11) is 1.34. The van der Waals surface area contributed by atoms with Gasteiger partial charge in [0.2, 0.25) is 5.91 Å². The van der Waals surface area contributed by atoms with Crippen LogP contribution in [-0.4, -0.2) is 37.0 Å². The molecule has 0 spiro atoms. The molecule has 4 heteroatoms. The summed E-state index contributed by atoms with van der Waals surface area (Å²) in [6.07, 6.45) is 0.920. The van der Waals surface area contributed by atoms with Crippen LogP contribution >= 0.6 is 0 Å². The first-order valence-electron chi connectivity index (χ1n) is 5.28. The van der Waals surface area contributed by atoms with E-state index in [2.05, 4.69) is 18.6 Å². The summed E-state index contributed by atoms with van der Waals surface area (Å²) < 4.78 is 4.55. The van der Waals surface area contributed by atoms with Gasteiger partial charge in [-0.1, -0.05) is 13.8 Å². The van der Waals surface area contributed by atoms with Gasteiger partial charge in [-0.15, -0.1) is 0 Å². The molecule has 86 valence electrons. The first-order chi connectivity index (χ1) is 6.92. The molecular formula is C11H19NO3. The molecule has 0 N–H and O–H groups in total. The molecule has 0 radical (unpaired) electrons. The van der Waals surface area contributed by atoms with E-state index in [-0.39, 0.29) is 29.8 Å². The quantitative estimate of drug-likeness (QED) is 0.656. The Balaban J connectivity index is 2.52. The fourth-order valence-corrected chi connectivity index (χ4v) is 1.68. The van der Waals surface area contributed by atoms with E-state index in [1.807, 2.05) is 6.92 Å². The monoisotopic (exact) mass is 213 g/mol. The van der Waals surface area contributed by atoms with Crippen LogP contribution in [0.15, 0.2) is 0 Å². The lowest BCUT2D eigenvalue weighted by Gasteiger charge is -2.20. The maximum absolute atomic E-state index is 11.9. The maximum Gasteiger partial charge on any atom is 0.325 e. The highest BCUT2D eigenvalue weighted by atomic mass is 16.5. The molecule has 15 heavy (non-hydrogen) atoms. The van der Waals surface area contributed by atoms with Crippen LogP contribution in [-0.2, 0) is 14.3 Å². The van der Waals surface area contributed by atoms with Gasteiger partial charge in [0, 0.05) is 12.5 Å². The van der Waals surface area contributed by atoms with Crippen LogP contribution < -0.4 is 0 Å². The first-order valence-corrected chi connectivity index (χ1v) is 5.28. The van der Waals surface area contributed by atoms with Crippen molar-refractivity contribution >= 4 is 11.9 Å². The van der Waals surface area contributed by atoms with Crippen LogP contribution in [0.4, 0.5) is 0 Å². The van der Waals surface area contributed by atoms with Crippen LogP contribution in [0.2, 0.25) is 0 Å². The second-order valence-corrected chi connectivity index (χ2v) is 4.67. The van der Waals surface area contributed by atoms with E-state index in [0.717, 1.165) is 6.42 Å². The standard InChI is InChI=1S/C11H19NO3/c1-5-12(7-9(13)15-4)10(14)8-6-11(8,2)3/h8H,5-7H2,1-4H3. The Morgan fingerprint density at radius 2 is 2.00 bits per heavy atom.